The highest BCUT2D eigenvalue weighted by Gasteiger charge is 2.10. The molecular formula is C15H13BrN4O. The van der Waals surface area contributed by atoms with Gasteiger partial charge in [-0.25, -0.2) is 9.97 Å². The summed E-state index contributed by atoms with van der Waals surface area (Å²) in [6.45, 7) is 1.95. The first-order valence-electron chi connectivity index (χ1n) is 6.42. The van der Waals surface area contributed by atoms with Gasteiger partial charge in [0.15, 0.2) is 5.75 Å². The molecule has 0 saturated heterocycles. The highest BCUT2D eigenvalue weighted by molar-refractivity contribution is 9.10. The zero-order chi connectivity index (χ0) is 14.8. The first-order valence-corrected chi connectivity index (χ1v) is 7.21. The number of rotatable bonds is 3. The molecule has 0 spiro atoms. The Labute approximate surface area is 130 Å². The Morgan fingerprint density at radius 2 is 2.00 bits per heavy atom. The van der Waals surface area contributed by atoms with Crippen LogP contribution in [-0.2, 0) is 0 Å². The molecule has 0 saturated carbocycles. The maximum Gasteiger partial charge on any atom is 0.238 e. The molecule has 106 valence electrons. The summed E-state index contributed by atoms with van der Waals surface area (Å²) < 4.78 is 6.61. The highest BCUT2D eigenvalue weighted by atomic mass is 79.9. The van der Waals surface area contributed by atoms with Gasteiger partial charge in [0.1, 0.15) is 5.52 Å². The number of ether oxygens (including phenoxy) is 1. The van der Waals surface area contributed by atoms with Gasteiger partial charge in [-0.15, -0.1) is 0 Å². The third-order valence-electron chi connectivity index (χ3n) is 2.96. The number of para-hydroxylation sites is 1. The average Bonchev–Trinajstić information content (AvgIpc) is 2.50. The molecule has 1 N–H and O–H groups in total. The number of pyridine rings is 1. The lowest BCUT2D eigenvalue weighted by Gasteiger charge is -2.10. The van der Waals surface area contributed by atoms with E-state index in [1.807, 2.05) is 37.3 Å². The summed E-state index contributed by atoms with van der Waals surface area (Å²) in [7, 11) is 1.76. The minimum absolute atomic E-state index is 0.449. The Morgan fingerprint density at radius 1 is 1.14 bits per heavy atom. The van der Waals surface area contributed by atoms with Gasteiger partial charge < -0.3 is 10.1 Å². The zero-order valence-electron chi connectivity index (χ0n) is 11.6. The van der Waals surface area contributed by atoms with Crippen LogP contribution < -0.4 is 10.1 Å². The predicted octanol–water partition coefficient (Wildman–Crippen LogP) is 3.93. The monoisotopic (exact) mass is 344 g/mol. The number of aryl methyl sites for hydroxylation is 1. The molecule has 2 aromatic heterocycles. The molecule has 5 nitrogen and oxygen atoms in total. The van der Waals surface area contributed by atoms with Crippen LogP contribution in [0.2, 0.25) is 0 Å². The van der Waals surface area contributed by atoms with Crippen LogP contribution in [0.1, 0.15) is 5.69 Å². The van der Waals surface area contributed by atoms with Gasteiger partial charge in [-0.1, -0.05) is 18.2 Å². The van der Waals surface area contributed by atoms with E-state index in [0.717, 1.165) is 16.6 Å². The highest BCUT2D eigenvalue weighted by Crippen LogP contribution is 2.31. The smallest absolute Gasteiger partial charge is 0.238 e. The van der Waals surface area contributed by atoms with Crippen molar-refractivity contribution in [2.45, 2.75) is 6.92 Å². The maximum absolute atomic E-state index is 5.92. The van der Waals surface area contributed by atoms with Crippen LogP contribution in [-0.4, -0.2) is 22.0 Å². The molecule has 6 heteroatoms. The number of anilines is 1. The third-order valence-corrected chi connectivity index (χ3v) is 3.51. The number of hydrogen-bond acceptors (Lipinski definition) is 5. The van der Waals surface area contributed by atoms with Gasteiger partial charge in [0.2, 0.25) is 11.8 Å². The Balaban J connectivity index is 2.08. The topological polar surface area (TPSA) is 59.9 Å². The quantitative estimate of drug-likeness (QED) is 0.779. The summed E-state index contributed by atoms with van der Waals surface area (Å²) >= 11 is 3.40. The van der Waals surface area contributed by atoms with Gasteiger partial charge >= 0.3 is 0 Å². The van der Waals surface area contributed by atoms with Crippen molar-refractivity contribution >= 4 is 32.8 Å². The van der Waals surface area contributed by atoms with E-state index in [1.54, 1.807) is 13.2 Å². The van der Waals surface area contributed by atoms with Crippen molar-refractivity contribution in [3.8, 4) is 11.6 Å². The van der Waals surface area contributed by atoms with E-state index in [-0.39, 0.29) is 0 Å². The standard InChI is InChI=1S/C15H13BrN4O/c1-9-6-7-10-4-3-5-12(13(10)19-9)21-14-11(16)8-18-15(17-2)20-14/h3-8H,1-2H3,(H,17,18,20). The summed E-state index contributed by atoms with van der Waals surface area (Å²) in [5.41, 5.74) is 1.75. The Bertz CT molecular complexity index is 807. The first-order chi connectivity index (χ1) is 10.2. The van der Waals surface area contributed by atoms with E-state index < -0.39 is 0 Å². The second-order valence-corrected chi connectivity index (χ2v) is 5.33. The number of hydrogen-bond donors (Lipinski definition) is 1. The predicted molar refractivity (Wildman–Crippen MR) is 85.8 cm³/mol. The molecule has 1 aromatic carbocycles. The third kappa shape index (κ3) is 2.80. The van der Waals surface area contributed by atoms with Crippen LogP contribution in [0.15, 0.2) is 41.0 Å². The number of halogens is 1. The molecule has 3 aromatic rings. The van der Waals surface area contributed by atoms with Crippen molar-refractivity contribution in [2.24, 2.45) is 0 Å². The molecule has 0 fully saturated rings. The zero-order valence-corrected chi connectivity index (χ0v) is 13.2. The van der Waals surface area contributed by atoms with Crippen LogP contribution in [0.5, 0.6) is 11.6 Å². The lowest BCUT2D eigenvalue weighted by molar-refractivity contribution is 0.463. The number of aromatic nitrogens is 3. The lowest BCUT2D eigenvalue weighted by atomic mass is 10.2. The van der Waals surface area contributed by atoms with E-state index in [9.17, 15) is 0 Å². The van der Waals surface area contributed by atoms with E-state index in [1.165, 1.54) is 0 Å². The number of fused-ring (bicyclic) bond motifs is 1. The van der Waals surface area contributed by atoms with Crippen molar-refractivity contribution in [3.63, 3.8) is 0 Å². The summed E-state index contributed by atoms with van der Waals surface area (Å²) in [5.74, 6) is 1.61. The normalized spacial score (nSPS) is 10.6. The van der Waals surface area contributed by atoms with Gasteiger partial charge in [-0.05, 0) is 35.0 Å². The molecular weight excluding hydrogens is 332 g/mol. The van der Waals surface area contributed by atoms with E-state index in [0.29, 0.717) is 22.1 Å². The molecule has 0 unspecified atom stereocenters. The summed E-state index contributed by atoms with van der Waals surface area (Å²) in [6, 6.07) is 9.82. The molecule has 0 atom stereocenters. The molecule has 2 heterocycles. The van der Waals surface area contributed by atoms with Crippen LogP contribution in [0, 0.1) is 6.92 Å². The maximum atomic E-state index is 5.92. The fourth-order valence-electron chi connectivity index (χ4n) is 1.95. The fraction of sp³-hybridized carbons (Fsp3) is 0.133. The summed E-state index contributed by atoms with van der Waals surface area (Å²) in [4.78, 5) is 13.0. The van der Waals surface area contributed by atoms with Crippen LogP contribution in [0.3, 0.4) is 0 Å². The largest absolute Gasteiger partial charge is 0.435 e. The minimum Gasteiger partial charge on any atom is -0.435 e. The molecule has 0 aliphatic carbocycles. The van der Waals surface area contributed by atoms with Crippen molar-refractivity contribution < 1.29 is 4.74 Å². The van der Waals surface area contributed by atoms with E-state index in [4.69, 9.17) is 4.74 Å². The molecule has 21 heavy (non-hydrogen) atoms. The Hall–Kier alpha value is -2.21. The minimum atomic E-state index is 0.449. The van der Waals surface area contributed by atoms with Gasteiger partial charge in [0.05, 0.1) is 10.7 Å². The second kappa shape index (κ2) is 5.65. The average molecular weight is 345 g/mol. The Morgan fingerprint density at radius 3 is 2.81 bits per heavy atom. The molecule has 0 amide bonds. The molecule has 3 rings (SSSR count). The van der Waals surface area contributed by atoms with Gasteiger partial charge in [0, 0.05) is 18.1 Å². The SMILES string of the molecule is CNc1ncc(Br)c(Oc2cccc3ccc(C)nc23)n1. The van der Waals surface area contributed by atoms with Crippen molar-refractivity contribution in [2.75, 3.05) is 12.4 Å². The number of nitrogens with zero attached hydrogens (tertiary/aromatic N) is 3. The van der Waals surface area contributed by atoms with E-state index in [2.05, 4.69) is 36.2 Å². The molecule has 0 aliphatic rings. The van der Waals surface area contributed by atoms with Crippen molar-refractivity contribution in [1.82, 2.24) is 15.0 Å². The second-order valence-electron chi connectivity index (χ2n) is 4.48. The fourth-order valence-corrected chi connectivity index (χ4v) is 2.22. The summed E-state index contributed by atoms with van der Waals surface area (Å²) in [6.07, 6.45) is 1.65. The van der Waals surface area contributed by atoms with Crippen LogP contribution in [0.4, 0.5) is 5.95 Å². The van der Waals surface area contributed by atoms with Crippen molar-refractivity contribution in [1.29, 1.82) is 0 Å². The Kier molecular flexibility index (Phi) is 3.70. The van der Waals surface area contributed by atoms with Crippen LogP contribution in [0.25, 0.3) is 10.9 Å². The van der Waals surface area contributed by atoms with Crippen molar-refractivity contribution in [3.05, 3.63) is 46.7 Å². The first kappa shape index (κ1) is 13.8. The molecule has 0 radical (unpaired) electrons. The molecule has 0 aliphatic heterocycles. The van der Waals surface area contributed by atoms with Gasteiger partial charge in [-0.2, -0.15) is 4.98 Å². The van der Waals surface area contributed by atoms with Crippen LogP contribution >= 0.6 is 15.9 Å². The number of benzene rings is 1. The van der Waals surface area contributed by atoms with Gasteiger partial charge in [0.25, 0.3) is 0 Å². The number of nitrogens with one attached hydrogen (secondary N) is 1. The molecule has 0 bridgehead atoms. The van der Waals surface area contributed by atoms with Gasteiger partial charge in [-0.3, -0.25) is 0 Å². The summed E-state index contributed by atoms with van der Waals surface area (Å²) in [5, 5.41) is 3.91. The van der Waals surface area contributed by atoms with E-state index >= 15 is 0 Å². The lowest BCUT2D eigenvalue weighted by Crippen LogP contribution is -1.99.